The van der Waals surface area contributed by atoms with Crippen molar-refractivity contribution >= 4 is 17.7 Å². The van der Waals surface area contributed by atoms with Gasteiger partial charge in [0.25, 0.3) is 0 Å². The van der Waals surface area contributed by atoms with E-state index in [2.05, 4.69) is 53.8 Å². The third kappa shape index (κ3) is 8.94. The second-order valence-corrected chi connectivity index (χ2v) is 11.0. The summed E-state index contributed by atoms with van der Waals surface area (Å²) in [6.07, 6.45) is 9.77. The maximum atomic E-state index is 12.8. The molecule has 0 aromatic heterocycles. The lowest BCUT2D eigenvalue weighted by atomic mass is 9.71. The minimum Gasteiger partial charge on any atom is -0.356 e. The molecule has 0 spiro atoms. The standard InChI is InChI=1S/C26H48N2O3.H2/c1-8-15-25(4,5)16-12-10-11-13-17-27-22(29)14-18-28-23(30)19-21(24(28)31)20(3)26(6,7)9-2;/h20-21H,8-19H2,1-7H3,(H,27,29);1H. The summed E-state index contributed by atoms with van der Waals surface area (Å²) >= 11 is 0. The van der Waals surface area contributed by atoms with Gasteiger partial charge in [0.2, 0.25) is 17.7 Å². The molecule has 31 heavy (non-hydrogen) atoms. The van der Waals surface area contributed by atoms with Crippen molar-refractivity contribution in [1.29, 1.82) is 0 Å². The van der Waals surface area contributed by atoms with Crippen molar-refractivity contribution in [2.75, 3.05) is 13.1 Å². The van der Waals surface area contributed by atoms with Gasteiger partial charge in [0, 0.05) is 27.4 Å². The van der Waals surface area contributed by atoms with Crippen LogP contribution < -0.4 is 5.32 Å². The number of rotatable bonds is 15. The van der Waals surface area contributed by atoms with E-state index in [-0.39, 0.29) is 55.8 Å². The van der Waals surface area contributed by atoms with Crippen molar-refractivity contribution in [3.63, 3.8) is 0 Å². The molecule has 2 unspecified atom stereocenters. The summed E-state index contributed by atoms with van der Waals surface area (Å²) in [6, 6.07) is 0. The molecule has 0 radical (unpaired) electrons. The zero-order chi connectivity index (χ0) is 23.7. The van der Waals surface area contributed by atoms with Gasteiger partial charge in [-0.15, -0.1) is 0 Å². The highest BCUT2D eigenvalue weighted by molar-refractivity contribution is 6.04. The Hall–Kier alpha value is -1.39. The first-order valence-electron chi connectivity index (χ1n) is 12.6. The molecule has 1 saturated heterocycles. The third-order valence-corrected chi connectivity index (χ3v) is 7.62. The Kier molecular flexibility index (Phi) is 11.2. The highest BCUT2D eigenvalue weighted by Gasteiger charge is 2.45. The van der Waals surface area contributed by atoms with Crippen LogP contribution in [0.15, 0.2) is 0 Å². The van der Waals surface area contributed by atoms with E-state index < -0.39 is 0 Å². The zero-order valence-corrected chi connectivity index (χ0v) is 21.3. The fourth-order valence-corrected chi connectivity index (χ4v) is 4.61. The SMILES string of the molecule is CCCC(C)(C)CCCCCCNC(=O)CCN1C(=O)CC(C(C)C(C)(C)CC)C1=O.[HH]. The Balaban J connectivity index is 0.00000961. The zero-order valence-electron chi connectivity index (χ0n) is 21.3. The van der Waals surface area contributed by atoms with Gasteiger partial charge in [0.05, 0.1) is 5.92 Å². The molecule has 1 N–H and O–H groups in total. The second kappa shape index (κ2) is 12.6. The summed E-state index contributed by atoms with van der Waals surface area (Å²) in [5.74, 6) is -0.423. The third-order valence-electron chi connectivity index (χ3n) is 7.62. The first kappa shape index (κ1) is 27.6. The topological polar surface area (TPSA) is 66.5 Å². The van der Waals surface area contributed by atoms with Crippen LogP contribution in [0, 0.1) is 22.7 Å². The van der Waals surface area contributed by atoms with Crippen LogP contribution in [0.5, 0.6) is 0 Å². The molecule has 0 aromatic rings. The highest BCUT2D eigenvalue weighted by atomic mass is 16.2. The number of amides is 3. The minimum atomic E-state index is -0.257. The maximum Gasteiger partial charge on any atom is 0.233 e. The van der Waals surface area contributed by atoms with Crippen molar-refractivity contribution in [2.24, 2.45) is 22.7 Å². The van der Waals surface area contributed by atoms with E-state index in [1.165, 1.54) is 37.0 Å². The number of carbonyl (C=O) groups excluding carboxylic acids is 3. The summed E-state index contributed by atoms with van der Waals surface area (Å²) in [5, 5.41) is 2.94. The number of likely N-dealkylation sites (tertiary alicyclic amines) is 1. The first-order chi connectivity index (χ1) is 14.4. The molecule has 5 heteroatoms. The molecule has 1 aliphatic rings. The number of carbonyl (C=O) groups is 3. The summed E-state index contributed by atoms with van der Waals surface area (Å²) in [4.78, 5) is 38.6. The normalized spacial score (nSPS) is 18.5. The molecular weight excluding hydrogens is 388 g/mol. The molecule has 3 amide bonds. The molecular formula is C26H50N2O3. The Bertz CT molecular complexity index is 604. The summed E-state index contributed by atoms with van der Waals surface area (Å²) in [7, 11) is 0. The average molecular weight is 439 g/mol. The van der Waals surface area contributed by atoms with Crippen LogP contribution in [-0.2, 0) is 14.4 Å². The lowest BCUT2D eigenvalue weighted by molar-refractivity contribution is -0.140. The Morgan fingerprint density at radius 1 is 1.10 bits per heavy atom. The molecule has 0 aromatic carbocycles. The van der Waals surface area contributed by atoms with Crippen LogP contribution in [-0.4, -0.2) is 35.7 Å². The minimum absolute atomic E-state index is 0. The van der Waals surface area contributed by atoms with Crippen LogP contribution >= 0.6 is 0 Å². The lowest BCUT2D eigenvalue weighted by Gasteiger charge is -2.33. The van der Waals surface area contributed by atoms with E-state index in [4.69, 9.17) is 0 Å². The van der Waals surface area contributed by atoms with E-state index in [9.17, 15) is 14.4 Å². The van der Waals surface area contributed by atoms with Gasteiger partial charge in [-0.2, -0.15) is 0 Å². The van der Waals surface area contributed by atoms with Crippen LogP contribution in [0.1, 0.15) is 114 Å². The molecule has 1 rings (SSSR count). The molecule has 1 heterocycles. The average Bonchev–Trinajstić information content (AvgIpc) is 2.98. The Morgan fingerprint density at radius 3 is 2.35 bits per heavy atom. The highest BCUT2D eigenvalue weighted by Crippen LogP contribution is 2.40. The molecule has 5 nitrogen and oxygen atoms in total. The first-order valence-corrected chi connectivity index (χ1v) is 12.6. The van der Waals surface area contributed by atoms with Gasteiger partial charge in [-0.3, -0.25) is 19.3 Å². The maximum absolute atomic E-state index is 12.8. The summed E-state index contributed by atoms with van der Waals surface area (Å²) < 4.78 is 0. The summed E-state index contributed by atoms with van der Waals surface area (Å²) in [5.41, 5.74) is 0.455. The molecule has 182 valence electrons. The number of unbranched alkanes of at least 4 members (excludes halogenated alkanes) is 3. The van der Waals surface area contributed by atoms with Crippen LogP contribution in [0.25, 0.3) is 0 Å². The van der Waals surface area contributed by atoms with Crippen molar-refractivity contribution in [1.82, 2.24) is 10.2 Å². The predicted molar refractivity (Wildman–Crippen MR) is 130 cm³/mol. The number of nitrogens with one attached hydrogen (secondary N) is 1. The number of hydrogen-bond acceptors (Lipinski definition) is 3. The van der Waals surface area contributed by atoms with E-state index >= 15 is 0 Å². The monoisotopic (exact) mass is 438 g/mol. The van der Waals surface area contributed by atoms with Gasteiger partial charge >= 0.3 is 0 Å². The van der Waals surface area contributed by atoms with Crippen LogP contribution in [0.2, 0.25) is 0 Å². The van der Waals surface area contributed by atoms with E-state index in [0.29, 0.717) is 12.0 Å². The molecule has 0 saturated carbocycles. The number of nitrogens with zero attached hydrogens (tertiary/aromatic N) is 1. The van der Waals surface area contributed by atoms with Crippen molar-refractivity contribution in [3.8, 4) is 0 Å². The van der Waals surface area contributed by atoms with Gasteiger partial charge in [-0.25, -0.2) is 0 Å². The molecule has 2 atom stereocenters. The smallest absolute Gasteiger partial charge is 0.233 e. The van der Waals surface area contributed by atoms with Gasteiger partial charge in [-0.1, -0.05) is 80.6 Å². The van der Waals surface area contributed by atoms with Crippen molar-refractivity contribution < 1.29 is 15.8 Å². The largest absolute Gasteiger partial charge is 0.356 e. The van der Waals surface area contributed by atoms with E-state index in [1.54, 1.807) is 0 Å². The predicted octanol–water partition coefficient (Wildman–Crippen LogP) is 5.96. The van der Waals surface area contributed by atoms with Crippen molar-refractivity contribution in [3.05, 3.63) is 0 Å². The van der Waals surface area contributed by atoms with Crippen LogP contribution in [0.3, 0.4) is 0 Å². The summed E-state index contributed by atoms with van der Waals surface area (Å²) in [6.45, 7) is 16.3. The van der Waals surface area contributed by atoms with Crippen molar-refractivity contribution in [2.45, 2.75) is 113 Å². The van der Waals surface area contributed by atoms with Gasteiger partial charge in [0.15, 0.2) is 0 Å². The Labute approximate surface area is 192 Å². The van der Waals surface area contributed by atoms with E-state index in [1.807, 2.05) is 0 Å². The van der Waals surface area contributed by atoms with Gasteiger partial charge < -0.3 is 5.32 Å². The molecule has 0 aliphatic carbocycles. The number of hydrogen-bond donors (Lipinski definition) is 1. The fraction of sp³-hybridized carbons (Fsp3) is 0.885. The number of imide groups is 1. The molecule has 0 bridgehead atoms. The molecule has 1 aliphatic heterocycles. The quantitative estimate of drug-likeness (QED) is 0.253. The van der Waals surface area contributed by atoms with E-state index in [0.717, 1.165) is 19.3 Å². The lowest BCUT2D eigenvalue weighted by Crippen LogP contribution is -2.37. The Morgan fingerprint density at radius 2 is 1.74 bits per heavy atom. The van der Waals surface area contributed by atoms with Gasteiger partial charge in [-0.05, 0) is 36.0 Å². The van der Waals surface area contributed by atoms with Crippen LogP contribution in [0.4, 0.5) is 0 Å². The molecule has 1 fully saturated rings. The second-order valence-electron chi connectivity index (χ2n) is 11.0. The van der Waals surface area contributed by atoms with Gasteiger partial charge in [0.1, 0.15) is 0 Å². The fourth-order valence-electron chi connectivity index (χ4n) is 4.61.